The molecule has 1 aromatic rings. The third kappa shape index (κ3) is 3.41. The fraction of sp³-hybridized carbons (Fsp3) is 0.529. The van der Waals surface area contributed by atoms with Gasteiger partial charge in [0.05, 0.1) is 25.6 Å². The van der Waals surface area contributed by atoms with E-state index in [0.717, 1.165) is 0 Å². The van der Waals surface area contributed by atoms with E-state index in [4.69, 9.17) is 14.2 Å². The number of esters is 1. The van der Waals surface area contributed by atoms with Gasteiger partial charge in [0.15, 0.2) is 0 Å². The number of methoxy groups -OCH3 is 2. The summed E-state index contributed by atoms with van der Waals surface area (Å²) in [5.74, 6) is -0.897. The third-order valence-corrected chi connectivity index (χ3v) is 4.58. The monoisotopic (exact) mass is 322 g/mol. The van der Waals surface area contributed by atoms with Crippen molar-refractivity contribution >= 4 is 11.9 Å². The molecule has 2 rings (SSSR count). The summed E-state index contributed by atoms with van der Waals surface area (Å²) in [5.41, 5.74) is -0.263. The predicted molar refractivity (Wildman–Crippen MR) is 82.4 cm³/mol. The van der Waals surface area contributed by atoms with E-state index in [0.29, 0.717) is 36.3 Å². The molecule has 126 valence electrons. The molecular formula is C17H22O6. The molecule has 0 aliphatic heterocycles. The van der Waals surface area contributed by atoms with E-state index < -0.39 is 23.3 Å². The second-order valence-electron chi connectivity index (χ2n) is 5.95. The first-order valence-electron chi connectivity index (χ1n) is 7.53. The van der Waals surface area contributed by atoms with Crippen LogP contribution in [0.4, 0.5) is 0 Å². The molecule has 1 aliphatic carbocycles. The van der Waals surface area contributed by atoms with Crippen molar-refractivity contribution in [2.24, 2.45) is 11.3 Å². The molecule has 0 heterocycles. The van der Waals surface area contributed by atoms with Crippen LogP contribution in [0.3, 0.4) is 0 Å². The lowest BCUT2D eigenvalue weighted by Gasteiger charge is -2.26. The van der Waals surface area contributed by atoms with Crippen molar-refractivity contribution in [1.82, 2.24) is 0 Å². The van der Waals surface area contributed by atoms with Gasteiger partial charge in [0.1, 0.15) is 18.1 Å². The second-order valence-corrected chi connectivity index (χ2v) is 5.95. The number of carboxylic acid groups (broad SMARTS) is 1. The molecule has 1 saturated carbocycles. The van der Waals surface area contributed by atoms with E-state index in [9.17, 15) is 14.7 Å². The summed E-state index contributed by atoms with van der Waals surface area (Å²) in [5, 5.41) is 9.28. The number of benzene rings is 1. The standard InChI is InChI=1S/C17H22O6/c1-17(8-4-5-13(17)15(18)19)16(20)23-10-11-6-7-12(21-2)9-14(11)22-3/h6-7,9,13H,4-5,8,10H2,1-3H3,(H,18,19)/t13?,17-/m0/s1. The van der Waals surface area contributed by atoms with Crippen molar-refractivity contribution in [1.29, 1.82) is 0 Å². The van der Waals surface area contributed by atoms with Crippen molar-refractivity contribution in [3.8, 4) is 11.5 Å². The maximum Gasteiger partial charge on any atom is 0.313 e. The molecule has 0 radical (unpaired) electrons. The van der Waals surface area contributed by atoms with Crippen molar-refractivity contribution in [2.45, 2.75) is 32.8 Å². The Labute approximate surface area is 135 Å². The van der Waals surface area contributed by atoms with Crippen molar-refractivity contribution in [3.63, 3.8) is 0 Å². The van der Waals surface area contributed by atoms with Crippen LogP contribution in [0.15, 0.2) is 18.2 Å². The Morgan fingerprint density at radius 2 is 2.04 bits per heavy atom. The molecule has 0 aromatic heterocycles. The molecule has 0 saturated heterocycles. The molecule has 0 bridgehead atoms. The Kier molecular flexibility index (Phi) is 5.13. The number of carboxylic acids is 1. The number of aliphatic carboxylic acids is 1. The maximum atomic E-state index is 12.4. The number of ether oxygens (including phenoxy) is 3. The number of carbonyl (C=O) groups excluding carboxylic acids is 1. The lowest BCUT2D eigenvalue weighted by atomic mass is 9.80. The number of carbonyl (C=O) groups is 2. The second kappa shape index (κ2) is 6.89. The summed E-state index contributed by atoms with van der Waals surface area (Å²) >= 11 is 0. The Hall–Kier alpha value is -2.24. The number of rotatable bonds is 6. The van der Waals surface area contributed by atoms with Gasteiger partial charge in [0.25, 0.3) is 0 Å². The van der Waals surface area contributed by atoms with Crippen LogP contribution in [0.25, 0.3) is 0 Å². The summed E-state index contributed by atoms with van der Waals surface area (Å²) < 4.78 is 15.8. The quantitative estimate of drug-likeness (QED) is 0.811. The van der Waals surface area contributed by atoms with Crippen LogP contribution in [-0.2, 0) is 20.9 Å². The summed E-state index contributed by atoms with van der Waals surface area (Å²) in [6.45, 7) is 1.71. The van der Waals surface area contributed by atoms with Gasteiger partial charge in [-0.3, -0.25) is 9.59 Å². The van der Waals surface area contributed by atoms with Gasteiger partial charge in [-0.25, -0.2) is 0 Å². The van der Waals surface area contributed by atoms with Gasteiger partial charge >= 0.3 is 11.9 Å². The van der Waals surface area contributed by atoms with Gasteiger partial charge < -0.3 is 19.3 Å². The average Bonchev–Trinajstić information content (AvgIpc) is 2.95. The number of hydrogen-bond donors (Lipinski definition) is 1. The first-order valence-corrected chi connectivity index (χ1v) is 7.53. The first kappa shape index (κ1) is 17.1. The smallest absolute Gasteiger partial charge is 0.313 e. The Morgan fingerprint density at radius 3 is 2.65 bits per heavy atom. The van der Waals surface area contributed by atoms with E-state index in [1.165, 1.54) is 7.11 Å². The topological polar surface area (TPSA) is 82.1 Å². The van der Waals surface area contributed by atoms with Crippen molar-refractivity contribution in [3.05, 3.63) is 23.8 Å². The van der Waals surface area contributed by atoms with Crippen LogP contribution >= 0.6 is 0 Å². The van der Waals surface area contributed by atoms with Crippen LogP contribution in [0.5, 0.6) is 11.5 Å². The highest BCUT2D eigenvalue weighted by molar-refractivity contribution is 5.85. The predicted octanol–water partition coefficient (Wildman–Crippen LogP) is 2.64. The zero-order valence-electron chi connectivity index (χ0n) is 13.6. The molecule has 2 atom stereocenters. The van der Waals surface area contributed by atoms with E-state index in [1.54, 1.807) is 32.2 Å². The van der Waals surface area contributed by atoms with Gasteiger partial charge in [-0.15, -0.1) is 0 Å². The molecule has 1 aromatic carbocycles. The molecule has 1 N–H and O–H groups in total. The molecule has 0 spiro atoms. The molecule has 0 amide bonds. The highest BCUT2D eigenvalue weighted by Gasteiger charge is 2.50. The van der Waals surface area contributed by atoms with E-state index in [1.807, 2.05) is 0 Å². The molecule has 1 fully saturated rings. The zero-order chi connectivity index (χ0) is 17.0. The minimum Gasteiger partial charge on any atom is -0.497 e. The van der Waals surface area contributed by atoms with Crippen LogP contribution in [0.1, 0.15) is 31.7 Å². The lowest BCUT2D eigenvalue weighted by Crippen LogP contribution is -2.37. The Morgan fingerprint density at radius 1 is 1.30 bits per heavy atom. The Bertz CT molecular complexity index is 597. The summed E-state index contributed by atoms with van der Waals surface area (Å²) in [7, 11) is 3.08. The first-order chi connectivity index (χ1) is 10.9. The molecule has 6 nitrogen and oxygen atoms in total. The van der Waals surface area contributed by atoms with Crippen LogP contribution < -0.4 is 9.47 Å². The highest BCUT2D eigenvalue weighted by atomic mass is 16.5. The fourth-order valence-corrected chi connectivity index (χ4v) is 3.09. The molecule has 1 aliphatic rings. The minimum atomic E-state index is -0.967. The Balaban J connectivity index is 2.08. The summed E-state index contributed by atoms with van der Waals surface area (Å²) in [4.78, 5) is 23.8. The average molecular weight is 322 g/mol. The largest absolute Gasteiger partial charge is 0.497 e. The SMILES string of the molecule is COc1ccc(COC(=O)[C@@]2(C)CCCC2C(=O)O)c(OC)c1. The van der Waals surface area contributed by atoms with Crippen molar-refractivity contribution < 1.29 is 28.9 Å². The maximum absolute atomic E-state index is 12.4. The highest BCUT2D eigenvalue weighted by Crippen LogP contribution is 2.44. The summed E-state index contributed by atoms with van der Waals surface area (Å²) in [6.07, 6.45) is 1.75. The molecule has 6 heteroatoms. The summed E-state index contributed by atoms with van der Waals surface area (Å²) in [6, 6.07) is 5.22. The zero-order valence-corrected chi connectivity index (χ0v) is 13.6. The van der Waals surface area contributed by atoms with E-state index >= 15 is 0 Å². The minimum absolute atomic E-state index is 0.0356. The van der Waals surface area contributed by atoms with Crippen LogP contribution in [-0.4, -0.2) is 31.3 Å². The van der Waals surface area contributed by atoms with Crippen LogP contribution in [0, 0.1) is 11.3 Å². The van der Waals surface area contributed by atoms with Crippen molar-refractivity contribution in [2.75, 3.05) is 14.2 Å². The van der Waals surface area contributed by atoms with Gasteiger partial charge in [0, 0.05) is 11.6 Å². The molecular weight excluding hydrogens is 300 g/mol. The lowest BCUT2D eigenvalue weighted by molar-refractivity contribution is -0.165. The van der Waals surface area contributed by atoms with E-state index in [2.05, 4.69) is 0 Å². The molecule has 23 heavy (non-hydrogen) atoms. The number of hydrogen-bond acceptors (Lipinski definition) is 5. The van der Waals surface area contributed by atoms with Gasteiger partial charge in [-0.1, -0.05) is 6.42 Å². The van der Waals surface area contributed by atoms with Gasteiger partial charge in [-0.2, -0.15) is 0 Å². The third-order valence-electron chi connectivity index (χ3n) is 4.58. The van der Waals surface area contributed by atoms with Gasteiger partial charge in [-0.05, 0) is 31.9 Å². The normalized spacial score (nSPS) is 23.3. The van der Waals surface area contributed by atoms with Crippen LogP contribution in [0.2, 0.25) is 0 Å². The fourth-order valence-electron chi connectivity index (χ4n) is 3.09. The molecule has 1 unspecified atom stereocenters. The van der Waals surface area contributed by atoms with Gasteiger partial charge in [0.2, 0.25) is 0 Å². The van der Waals surface area contributed by atoms with E-state index in [-0.39, 0.29) is 6.61 Å².